The molecule has 0 unspecified atom stereocenters. The summed E-state index contributed by atoms with van der Waals surface area (Å²) in [6.45, 7) is 10.8. The maximum Gasteiger partial charge on any atom is 0.492 e. The Morgan fingerprint density at radius 3 is 2.57 bits per heavy atom. The van der Waals surface area contributed by atoms with E-state index < -0.39 is 7.12 Å². The number of carbonyl (C=O) groups excluding carboxylic acids is 2. The molecule has 0 saturated carbocycles. The summed E-state index contributed by atoms with van der Waals surface area (Å²) < 4.78 is 10.0. The molecule has 1 amide bonds. The van der Waals surface area contributed by atoms with Gasteiger partial charge in [0.1, 0.15) is 12.9 Å². The number of nitrogens with zero attached hydrogens (tertiary/aromatic N) is 2. The maximum atomic E-state index is 11.7. The number of methoxy groups -OCH3 is 1. The van der Waals surface area contributed by atoms with E-state index in [1.54, 1.807) is 26.2 Å². The Hall–Kier alpha value is -3.14. The predicted molar refractivity (Wildman–Crippen MR) is 140 cm³/mol. The van der Waals surface area contributed by atoms with E-state index >= 15 is 0 Å². The van der Waals surface area contributed by atoms with Gasteiger partial charge in [-0.25, -0.2) is 9.97 Å². The van der Waals surface area contributed by atoms with Crippen LogP contribution >= 0.6 is 0 Å². The Morgan fingerprint density at radius 2 is 1.91 bits per heavy atom. The predicted octanol–water partition coefficient (Wildman–Crippen LogP) is 3.36. The number of fused-ring (bicyclic) bond motifs is 2. The molecule has 0 bridgehead atoms. The molecule has 0 fully saturated rings. The smallest absolute Gasteiger partial charge is 0.423 e. The Kier molecular flexibility index (Phi) is 14.1. The number of aromatic nitrogens is 2. The fourth-order valence-corrected chi connectivity index (χ4v) is 3.19. The summed E-state index contributed by atoms with van der Waals surface area (Å²) in [6, 6.07) is 11.3. The van der Waals surface area contributed by atoms with Crippen LogP contribution in [0.5, 0.6) is 0 Å². The van der Waals surface area contributed by atoms with Crippen molar-refractivity contribution in [2.75, 3.05) is 13.7 Å². The highest BCUT2D eigenvalue weighted by molar-refractivity contribution is 6.62. The molecule has 8 nitrogen and oxygen atoms in total. The molecule has 1 aliphatic heterocycles. The van der Waals surface area contributed by atoms with Crippen molar-refractivity contribution in [1.82, 2.24) is 15.3 Å². The first kappa shape index (κ1) is 29.9. The number of hydrogen-bond donors (Lipinski definition) is 2. The van der Waals surface area contributed by atoms with Gasteiger partial charge in [0, 0.05) is 24.3 Å². The molecule has 4 rings (SSSR count). The van der Waals surface area contributed by atoms with Crippen LogP contribution in [0.2, 0.25) is 0 Å². The lowest BCUT2D eigenvalue weighted by atomic mass is 9.75. The zero-order valence-electron chi connectivity index (χ0n) is 21.5. The summed E-state index contributed by atoms with van der Waals surface area (Å²) in [5.74, 6) is 0.401. The molecule has 0 saturated heterocycles. The van der Waals surface area contributed by atoms with E-state index in [2.05, 4.69) is 29.1 Å². The van der Waals surface area contributed by atoms with E-state index in [0.717, 1.165) is 22.3 Å². The van der Waals surface area contributed by atoms with Crippen molar-refractivity contribution in [2.45, 2.75) is 54.3 Å². The van der Waals surface area contributed by atoms with Crippen LogP contribution in [0.4, 0.5) is 0 Å². The van der Waals surface area contributed by atoms with Crippen LogP contribution in [-0.2, 0) is 27.4 Å². The fraction of sp³-hybridized carbons (Fsp3) is 0.385. The lowest BCUT2D eigenvalue weighted by Crippen LogP contribution is -2.34. The molecule has 0 atom stereocenters. The number of carbonyl (C=O) groups is 2. The van der Waals surface area contributed by atoms with Crippen LogP contribution in [0.3, 0.4) is 0 Å². The first-order chi connectivity index (χ1) is 17.0. The second kappa shape index (κ2) is 16.5. The van der Waals surface area contributed by atoms with Gasteiger partial charge in [0.2, 0.25) is 0 Å². The maximum absolute atomic E-state index is 11.7. The quantitative estimate of drug-likeness (QED) is 0.425. The van der Waals surface area contributed by atoms with Crippen molar-refractivity contribution in [1.29, 1.82) is 0 Å². The van der Waals surface area contributed by atoms with Crippen molar-refractivity contribution in [2.24, 2.45) is 0 Å². The molecule has 1 aliphatic rings. The molecule has 9 heteroatoms. The summed E-state index contributed by atoms with van der Waals surface area (Å²) in [5, 5.41) is 13.2. The Balaban J connectivity index is 0.000000303. The minimum atomic E-state index is -0.969. The van der Waals surface area contributed by atoms with Crippen molar-refractivity contribution < 1.29 is 24.0 Å². The van der Waals surface area contributed by atoms with Gasteiger partial charge in [-0.1, -0.05) is 58.4 Å². The van der Waals surface area contributed by atoms with Gasteiger partial charge in [-0.05, 0) is 35.6 Å². The lowest BCUT2D eigenvalue weighted by Gasteiger charge is -2.09. The van der Waals surface area contributed by atoms with Gasteiger partial charge in [0.15, 0.2) is 5.82 Å². The highest BCUT2D eigenvalue weighted by Crippen LogP contribution is 2.16. The van der Waals surface area contributed by atoms with Gasteiger partial charge in [0.05, 0.1) is 18.7 Å². The number of benzene rings is 2. The Labute approximate surface area is 208 Å². The van der Waals surface area contributed by atoms with Crippen molar-refractivity contribution in [3.63, 3.8) is 0 Å². The second-order valence-corrected chi connectivity index (χ2v) is 7.34. The highest BCUT2D eigenvalue weighted by atomic mass is 16.5. The number of hydrogen-bond acceptors (Lipinski definition) is 7. The molecule has 2 N–H and O–H groups in total. The highest BCUT2D eigenvalue weighted by Gasteiger charge is 2.30. The summed E-state index contributed by atoms with van der Waals surface area (Å²) in [5.41, 5.74) is 3.65. The van der Waals surface area contributed by atoms with Crippen LogP contribution in [0.1, 0.15) is 61.4 Å². The van der Waals surface area contributed by atoms with Gasteiger partial charge in [0.25, 0.3) is 5.91 Å². The molecule has 0 radical (unpaired) electrons. The third kappa shape index (κ3) is 8.86. The van der Waals surface area contributed by atoms with E-state index in [4.69, 9.17) is 9.39 Å². The van der Waals surface area contributed by atoms with E-state index in [-0.39, 0.29) is 12.5 Å². The number of ether oxygens (including phenoxy) is 1. The SMILES string of the molecule is CC.CCC.COCc1ncc2ccccc2n1.Cc1c(C(=O)NCC=O)ccc2c1B(O)OC2. The molecular formula is C26H36BN3O5. The van der Waals surface area contributed by atoms with Crippen molar-refractivity contribution in [3.8, 4) is 0 Å². The Bertz CT molecular complexity index is 1080. The van der Waals surface area contributed by atoms with E-state index in [9.17, 15) is 14.6 Å². The normalized spacial score (nSPS) is 11.1. The van der Waals surface area contributed by atoms with Crippen molar-refractivity contribution >= 4 is 35.7 Å². The van der Waals surface area contributed by atoms with Gasteiger partial charge >= 0.3 is 7.12 Å². The standard InChI is InChI=1S/C11H12BNO4.C10H10N2O.C3H8.C2H6/c1-7-9(11(15)13-4-5-14)3-2-8-6-17-12(16)10(7)8;1-13-7-10-11-6-8-4-2-3-5-9(8)12-10;1-3-2;1-2/h2-3,5,16H,4,6H2,1H3,(H,13,15);2-6H,7H2,1H3;3H2,1-2H3;1-2H3. The largest absolute Gasteiger partial charge is 0.492 e. The number of aldehydes is 1. The van der Waals surface area contributed by atoms with Crippen LogP contribution < -0.4 is 10.8 Å². The molecule has 35 heavy (non-hydrogen) atoms. The number of nitrogens with one attached hydrogen (secondary N) is 1. The van der Waals surface area contributed by atoms with E-state index in [0.29, 0.717) is 36.1 Å². The number of rotatable bonds is 5. The average Bonchev–Trinajstić information content (AvgIpc) is 3.26. The molecular weight excluding hydrogens is 445 g/mol. The minimum absolute atomic E-state index is 0.0194. The summed E-state index contributed by atoms with van der Waals surface area (Å²) >= 11 is 0. The van der Waals surface area contributed by atoms with Gasteiger partial charge in [-0.3, -0.25) is 4.79 Å². The van der Waals surface area contributed by atoms with E-state index in [1.807, 2.05) is 44.3 Å². The molecule has 188 valence electrons. The summed E-state index contributed by atoms with van der Waals surface area (Å²) in [4.78, 5) is 30.4. The second-order valence-electron chi connectivity index (χ2n) is 7.34. The van der Waals surface area contributed by atoms with Crippen molar-refractivity contribution in [3.05, 3.63) is 65.1 Å². The van der Waals surface area contributed by atoms with Crippen LogP contribution in [0, 0.1) is 6.92 Å². The molecule has 0 spiro atoms. The molecule has 0 aliphatic carbocycles. The minimum Gasteiger partial charge on any atom is -0.423 e. The monoisotopic (exact) mass is 481 g/mol. The topological polar surface area (TPSA) is 111 Å². The van der Waals surface area contributed by atoms with Crippen LogP contribution in [0.15, 0.2) is 42.6 Å². The van der Waals surface area contributed by atoms with Crippen LogP contribution in [0.25, 0.3) is 10.9 Å². The molecule has 3 aromatic rings. The zero-order chi connectivity index (χ0) is 26.2. The van der Waals surface area contributed by atoms with Gasteiger partial charge < -0.3 is 24.5 Å². The number of para-hydroxylation sites is 1. The zero-order valence-corrected chi connectivity index (χ0v) is 21.5. The third-order valence-corrected chi connectivity index (χ3v) is 4.65. The first-order valence-corrected chi connectivity index (χ1v) is 11.8. The van der Waals surface area contributed by atoms with Gasteiger partial charge in [-0.2, -0.15) is 0 Å². The molecule has 1 aromatic heterocycles. The van der Waals surface area contributed by atoms with Gasteiger partial charge in [-0.15, -0.1) is 0 Å². The molecule has 2 heterocycles. The average molecular weight is 481 g/mol. The Morgan fingerprint density at radius 1 is 1.23 bits per heavy atom. The first-order valence-electron chi connectivity index (χ1n) is 11.8. The van der Waals surface area contributed by atoms with E-state index in [1.165, 1.54) is 6.42 Å². The summed E-state index contributed by atoms with van der Waals surface area (Å²) in [6.07, 6.45) is 3.69. The lowest BCUT2D eigenvalue weighted by molar-refractivity contribution is -0.107. The van der Waals surface area contributed by atoms with Crippen LogP contribution in [-0.4, -0.2) is 48.0 Å². The molecule has 2 aromatic carbocycles. The summed E-state index contributed by atoms with van der Waals surface area (Å²) in [7, 11) is 0.669. The third-order valence-electron chi connectivity index (χ3n) is 4.65. The fourth-order valence-electron chi connectivity index (χ4n) is 3.19. The number of amides is 1.